The third kappa shape index (κ3) is 6.64. The second-order valence-electron chi connectivity index (χ2n) is 7.46. The standard InChI is InChI=1S/C23H25N3O5S2/c1-17-7-6-8-20(15-17)26-33(30,31)22-16-19(12-11-18(22)2)25-23(27)13-14-24-32(28,29)21-9-4-3-5-10-21/h3-12,15-16,24,26H,13-14H2,1-2H3,(H,25,27). The molecule has 0 heterocycles. The average Bonchev–Trinajstić information content (AvgIpc) is 2.75. The molecule has 3 rings (SSSR count). The summed E-state index contributed by atoms with van der Waals surface area (Å²) in [4.78, 5) is 12.4. The first-order chi connectivity index (χ1) is 15.6. The predicted molar refractivity (Wildman–Crippen MR) is 128 cm³/mol. The van der Waals surface area contributed by atoms with Gasteiger partial charge in [0.15, 0.2) is 0 Å². The van der Waals surface area contributed by atoms with Gasteiger partial charge in [-0.2, -0.15) is 0 Å². The zero-order valence-electron chi connectivity index (χ0n) is 18.2. The second kappa shape index (κ2) is 10.2. The van der Waals surface area contributed by atoms with E-state index in [1.807, 2.05) is 13.0 Å². The molecule has 174 valence electrons. The summed E-state index contributed by atoms with van der Waals surface area (Å²) in [5, 5.41) is 2.61. The van der Waals surface area contributed by atoms with E-state index in [0.717, 1.165) is 5.56 Å². The van der Waals surface area contributed by atoms with Gasteiger partial charge in [-0.3, -0.25) is 9.52 Å². The quantitative estimate of drug-likeness (QED) is 0.427. The van der Waals surface area contributed by atoms with E-state index < -0.39 is 26.0 Å². The Kier molecular flexibility index (Phi) is 7.52. The van der Waals surface area contributed by atoms with Crippen LogP contribution in [0.5, 0.6) is 0 Å². The third-order valence-corrected chi connectivity index (χ3v) is 7.73. The van der Waals surface area contributed by atoms with Gasteiger partial charge in [-0.15, -0.1) is 0 Å². The maximum Gasteiger partial charge on any atom is 0.262 e. The van der Waals surface area contributed by atoms with Gasteiger partial charge < -0.3 is 5.32 Å². The minimum absolute atomic E-state index is 0.0339. The number of aryl methyl sites for hydroxylation is 2. The van der Waals surface area contributed by atoms with E-state index in [0.29, 0.717) is 16.9 Å². The number of sulfonamides is 2. The van der Waals surface area contributed by atoms with Crippen LogP contribution in [0.1, 0.15) is 17.5 Å². The summed E-state index contributed by atoms with van der Waals surface area (Å²) in [6.45, 7) is 3.42. The van der Waals surface area contributed by atoms with Crippen LogP contribution in [0.4, 0.5) is 11.4 Å². The molecule has 0 radical (unpaired) electrons. The molecule has 0 atom stereocenters. The molecule has 0 aliphatic heterocycles. The summed E-state index contributed by atoms with van der Waals surface area (Å²) < 4.78 is 55.1. The van der Waals surface area contributed by atoms with Crippen molar-refractivity contribution in [2.24, 2.45) is 0 Å². The lowest BCUT2D eigenvalue weighted by molar-refractivity contribution is -0.116. The Morgan fingerprint density at radius 2 is 1.52 bits per heavy atom. The van der Waals surface area contributed by atoms with E-state index >= 15 is 0 Å². The van der Waals surface area contributed by atoms with Crippen LogP contribution in [0.25, 0.3) is 0 Å². The summed E-state index contributed by atoms with van der Waals surface area (Å²) >= 11 is 0. The first-order valence-electron chi connectivity index (χ1n) is 10.1. The fourth-order valence-corrected chi connectivity index (χ4v) is 5.47. The van der Waals surface area contributed by atoms with Crippen molar-refractivity contribution < 1.29 is 21.6 Å². The van der Waals surface area contributed by atoms with E-state index in [-0.39, 0.29) is 22.8 Å². The molecule has 0 aliphatic rings. The van der Waals surface area contributed by atoms with Crippen LogP contribution in [0.3, 0.4) is 0 Å². The Morgan fingerprint density at radius 3 is 2.21 bits per heavy atom. The number of hydrogen-bond donors (Lipinski definition) is 3. The normalized spacial score (nSPS) is 11.7. The number of carbonyl (C=O) groups is 1. The molecular weight excluding hydrogens is 462 g/mol. The molecule has 0 saturated heterocycles. The molecule has 0 unspecified atom stereocenters. The molecule has 8 nitrogen and oxygen atoms in total. The monoisotopic (exact) mass is 487 g/mol. The molecule has 3 aromatic carbocycles. The fourth-order valence-electron chi connectivity index (χ4n) is 3.09. The molecule has 0 saturated carbocycles. The summed E-state index contributed by atoms with van der Waals surface area (Å²) in [5.41, 5.74) is 2.16. The summed E-state index contributed by atoms with van der Waals surface area (Å²) in [7, 11) is -7.59. The Labute approximate surface area is 194 Å². The van der Waals surface area contributed by atoms with Crippen molar-refractivity contribution in [2.45, 2.75) is 30.1 Å². The summed E-state index contributed by atoms with van der Waals surface area (Å²) in [6, 6.07) is 19.4. The van der Waals surface area contributed by atoms with Gasteiger partial charge in [0.2, 0.25) is 15.9 Å². The van der Waals surface area contributed by atoms with Crippen molar-refractivity contribution in [3.05, 3.63) is 83.9 Å². The molecule has 0 bridgehead atoms. The highest BCUT2D eigenvalue weighted by Crippen LogP contribution is 2.23. The molecule has 3 aromatic rings. The van der Waals surface area contributed by atoms with Gasteiger partial charge in [0.1, 0.15) is 0 Å². The molecule has 0 aliphatic carbocycles. The Hall–Kier alpha value is -3.21. The molecular formula is C23H25N3O5S2. The maximum atomic E-state index is 12.9. The second-order valence-corrected chi connectivity index (χ2v) is 10.9. The zero-order valence-corrected chi connectivity index (χ0v) is 19.8. The van der Waals surface area contributed by atoms with Crippen LogP contribution >= 0.6 is 0 Å². The minimum atomic E-state index is -3.88. The lowest BCUT2D eigenvalue weighted by atomic mass is 10.2. The number of hydrogen-bond acceptors (Lipinski definition) is 5. The lowest BCUT2D eigenvalue weighted by Crippen LogP contribution is -2.27. The van der Waals surface area contributed by atoms with E-state index in [4.69, 9.17) is 0 Å². The highest BCUT2D eigenvalue weighted by atomic mass is 32.2. The van der Waals surface area contributed by atoms with Gasteiger partial charge in [0, 0.05) is 24.3 Å². The number of benzene rings is 3. The third-order valence-electron chi connectivity index (χ3n) is 4.73. The summed E-state index contributed by atoms with van der Waals surface area (Å²) in [5.74, 6) is -0.454. The highest BCUT2D eigenvalue weighted by molar-refractivity contribution is 7.92. The number of anilines is 2. The van der Waals surface area contributed by atoms with E-state index in [1.165, 1.54) is 18.2 Å². The number of amides is 1. The molecule has 0 aromatic heterocycles. The summed E-state index contributed by atoms with van der Waals surface area (Å²) in [6.07, 6.45) is -0.121. The van der Waals surface area contributed by atoms with Crippen molar-refractivity contribution in [2.75, 3.05) is 16.6 Å². The minimum Gasteiger partial charge on any atom is -0.326 e. The van der Waals surface area contributed by atoms with Gasteiger partial charge in [-0.1, -0.05) is 36.4 Å². The average molecular weight is 488 g/mol. The van der Waals surface area contributed by atoms with Gasteiger partial charge in [0.05, 0.1) is 9.79 Å². The smallest absolute Gasteiger partial charge is 0.262 e. The first-order valence-corrected chi connectivity index (χ1v) is 13.1. The zero-order chi connectivity index (χ0) is 24.1. The van der Waals surface area contributed by atoms with Crippen LogP contribution in [0.2, 0.25) is 0 Å². The SMILES string of the molecule is Cc1cccc(NS(=O)(=O)c2cc(NC(=O)CCNS(=O)(=O)c3ccccc3)ccc2C)c1. The van der Waals surface area contributed by atoms with Crippen molar-refractivity contribution in [1.29, 1.82) is 0 Å². The van der Waals surface area contributed by atoms with Crippen LogP contribution < -0.4 is 14.8 Å². The van der Waals surface area contributed by atoms with Crippen LogP contribution in [-0.2, 0) is 24.8 Å². The molecule has 0 spiro atoms. The van der Waals surface area contributed by atoms with E-state index in [1.54, 1.807) is 55.5 Å². The fraction of sp³-hybridized carbons (Fsp3) is 0.174. The van der Waals surface area contributed by atoms with Crippen LogP contribution in [-0.4, -0.2) is 29.3 Å². The van der Waals surface area contributed by atoms with E-state index in [2.05, 4.69) is 14.8 Å². The Morgan fingerprint density at radius 1 is 0.788 bits per heavy atom. The topological polar surface area (TPSA) is 121 Å². The molecule has 1 amide bonds. The maximum absolute atomic E-state index is 12.9. The van der Waals surface area contributed by atoms with Gasteiger partial charge in [-0.25, -0.2) is 21.6 Å². The Balaban J connectivity index is 1.65. The number of rotatable bonds is 9. The first kappa shape index (κ1) is 24.4. The highest BCUT2D eigenvalue weighted by Gasteiger charge is 2.19. The van der Waals surface area contributed by atoms with Gasteiger partial charge in [0.25, 0.3) is 10.0 Å². The predicted octanol–water partition coefficient (Wildman–Crippen LogP) is 3.41. The van der Waals surface area contributed by atoms with Crippen molar-refractivity contribution in [3.63, 3.8) is 0 Å². The Bertz CT molecular complexity index is 1360. The number of carbonyl (C=O) groups excluding carboxylic acids is 1. The molecule has 10 heteroatoms. The molecule has 3 N–H and O–H groups in total. The van der Waals surface area contributed by atoms with Gasteiger partial charge in [-0.05, 0) is 61.4 Å². The van der Waals surface area contributed by atoms with Crippen molar-refractivity contribution >= 4 is 37.3 Å². The molecule has 0 fully saturated rings. The van der Waals surface area contributed by atoms with Crippen LogP contribution in [0.15, 0.2) is 82.6 Å². The molecule has 33 heavy (non-hydrogen) atoms. The van der Waals surface area contributed by atoms with E-state index in [9.17, 15) is 21.6 Å². The lowest BCUT2D eigenvalue weighted by Gasteiger charge is -2.13. The van der Waals surface area contributed by atoms with Crippen molar-refractivity contribution in [1.82, 2.24) is 4.72 Å². The van der Waals surface area contributed by atoms with Crippen molar-refractivity contribution in [3.8, 4) is 0 Å². The number of nitrogens with one attached hydrogen (secondary N) is 3. The van der Waals surface area contributed by atoms with Crippen LogP contribution in [0, 0.1) is 13.8 Å². The van der Waals surface area contributed by atoms with Gasteiger partial charge >= 0.3 is 0 Å². The largest absolute Gasteiger partial charge is 0.326 e.